The average molecular weight is 377 g/mol. The summed E-state index contributed by atoms with van der Waals surface area (Å²) in [4.78, 5) is 41.6. The van der Waals surface area contributed by atoms with Gasteiger partial charge < -0.3 is 19.8 Å². The van der Waals surface area contributed by atoms with Crippen LogP contribution in [0.1, 0.15) is 12.6 Å². The van der Waals surface area contributed by atoms with Crippen molar-refractivity contribution in [2.24, 2.45) is 0 Å². The van der Waals surface area contributed by atoms with Gasteiger partial charge in [0.1, 0.15) is 5.75 Å². The molecule has 1 heterocycles. The van der Waals surface area contributed by atoms with Crippen LogP contribution in [0.4, 0.5) is 5.69 Å². The molecular formula is C17H19N3O5S. The second kappa shape index (κ2) is 9.62. The standard InChI is InChI=1S/C17H19N3O5S/c1-3-25-13-6-4-11(5-7-13)18-15(22)10-26-17-19-12(8-14(21)20-17)9-16(23)24-2/h4-8H,3,9-10H2,1-2H3,(H,18,22)(H,19,20,21). The van der Waals surface area contributed by atoms with Crippen molar-refractivity contribution < 1.29 is 19.1 Å². The first-order valence-electron chi connectivity index (χ1n) is 7.82. The summed E-state index contributed by atoms with van der Waals surface area (Å²) in [7, 11) is 1.26. The van der Waals surface area contributed by atoms with Crippen molar-refractivity contribution in [2.45, 2.75) is 18.5 Å². The first kappa shape index (κ1) is 19.5. The van der Waals surface area contributed by atoms with Gasteiger partial charge in [-0.3, -0.25) is 14.4 Å². The highest BCUT2D eigenvalue weighted by atomic mass is 32.2. The Morgan fingerprint density at radius 2 is 2.00 bits per heavy atom. The maximum atomic E-state index is 12.0. The van der Waals surface area contributed by atoms with E-state index in [-0.39, 0.29) is 28.9 Å². The number of hydrogen-bond acceptors (Lipinski definition) is 7. The number of carbonyl (C=O) groups is 2. The van der Waals surface area contributed by atoms with Crippen LogP contribution in [0.25, 0.3) is 0 Å². The summed E-state index contributed by atoms with van der Waals surface area (Å²) in [6.07, 6.45) is -0.105. The summed E-state index contributed by atoms with van der Waals surface area (Å²) in [5, 5.41) is 3.01. The van der Waals surface area contributed by atoms with E-state index >= 15 is 0 Å². The summed E-state index contributed by atoms with van der Waals surface area (Å²) >= 11 is 1.07. The van der Waals surface area contributed by atoms with E-state index in [9.17, 15) is 14.4 Å². The van der Waals surface area contributed by atoms with Crippen LogP contribution in [0, 0.1) is 0 Å². The first-order chi connectivity index (χ1) is 12.5. The van der Waals surface area contributed by atoms with Crippen LogP contribution >= 0.6 is 11.8 Å². The molecule has 9 heteroatoms. The van der Waals surface area contributed by atoms with Crippen molar-refractivity contribution >= 4 is 29.3 Å². The van der Waals surface area contributed by atoms with Gasteiger partial charge in [-0.1, -0.05) is 11.8 Å². The molecule has 26 heavy (non-hydrogen) atoms. The number of amides is 1. The number of nitrogens with zero attached hydrogens (tertiary/aromatic N) is 1. The molecule has 0 radical (unpaired) electrons. The molecule has 2 N–H and O–H groups in total. The Labute approximate surface area is 154 Å². The number of H-pyrrole nitrogens is 1. The minimum atomic E-state index is -0.493. The molecule has 0 bridgehead atoms. The summed E-state index contributed by atoms with van der Waals surface area (Å²) < 4.78 is 9.89. The van der Waals surface area contributed by atoms with Crippen molar-refractivity contribution in [3.63, 3.8) is 0 Å². The minimum absolute atomic E-state index is 0.0534. The minimum Gasteiger partial charge on any atom is -0.494 e. The number of thioether (sulfide) groups is 1. The second-order valence-corrected chi connectivity index (χ2v) is 6.05. The van der Waals surface area contributed by atoms with Crippen molar-refractivity contribution in [3.8, 4) is 5.75 Å². The Morgan fingerprint density at radius 3 is 2.65 bits per heavy atom. The number of anilines is 1. The van der Waals surface area contributed by atoms with E-state index in [1.807, 2.05) is 6.92 Å². The Kier molecular flexibility index (Phi) is 7.22. The average Bonchev–Trinajstić information content (AvgIpc) is 2.61. The Hall–Kier alpha value is -2.81. The van der Waals surface area contributed by atoms with Gasteiger partial charge in [-0.25, -0.2) is 4.98 Å². The molecule has 1 amide bonds. The van der Waals surface area contributed by atoms with Gasteiger partial charge in [0, 0.05) is 11.8 Å². The molecule has 0 aliphatic heterocycles. The van der Waals surface area contributed by atoms with Crippen LogP contribution < -0.4 is 15.6 Å². The van der Waals surface area contributed by atoms with Crippen LogP contribution in [-0.2, 0) is 20.7 Å². The van der Waals surface area contributed by atoms with E-state index in [0.717, 1.165) is 17.5 Å². The number of benzene rings is 1. The Morgan fingerprint density at radius 1 is 1.27 bits per heavy atom. The Balaban J connectivity index is 1.92. The number of hydrogen-bond donors (Lipinski definition) is 2. The third-order valence-electron chi connectivity index (χ3n) is 3.12. The zero-order valence-electron chi connectivity index (χ0n) is 14.4. The molecule has 138 valence electrons. The zero-order valence-corrected chi connectivity index (χ0v) is 15.2. The maximum Gasteiger partial charge on any atom is 0.311 e. The number of rotatable bonds is 8. The van der Waals surface area contributed by atoms with E-state index < -0.39 is 11.5 Å². The molecule has 0 unspecified atom stereocenters. The summed E-state index contributed by atoms with van der Waals surface area (Å²) in [5.41, 5.74) is 0.531. The van der Waals surface area contributed by atoms with E-state index in [0.29, 0.717) is 12.3 Å². The molecule has 0 spiro atoms. The third kappa shape index (κ3) is 6.25. The van der Waals surface area contributed by atoms with Crippen molar-refractivity contribution in [2.75, 3.05) is 24.8 Å². The zero-order chi connectivity index (χ0) is 18.9. The van der Waals surface area contributed by atoms with Crippen molar-refractivity contribution in [3.05, 3.63) is 46.4 Å². The predicted molar refractivity (Wildman–Crippen MR) is 97.5 cm³/mol. The molecule has 0 saturated heterocycles. The highest BCUT2D eigenvalue weighted by Crippen LogP contribution is 2.17. The first-order valence-corrected chi connectivity index (χ1v) is 8.81. The van der Waals surface area contributed by atoms with E-state index in [2.05, 4.69) is 20.0 Å². The van der Waals surface area contributed by atoms with Crippen molar-refractivity contribution in [1.29, 1.82) is 0 Å². The van der Waals surface area contributed by atoms with Gasteiger partial charge in [-0.15, -0.1) is 0 Å². The molecule has 2 rings (SSSR count). The largest absolute Gasteiger partial charge is 0.494 e. The number of aromatic nitrogens is 2. The van der Waals surface area contributed by atoms with Gasteiger partial charge in [0.2, 0.25) is 5.91 Å². The summed E-state index contributed by atoms with van der Waals surface area (Å²) in [6.45, 7) is 2.47. The van der Waals surface area contributed by atoms with Crippen LogP contribution in [0.5, 0.6) is 5.75 Å². The van der Waals surface area contributed by atoms with Gasteiger partial charge in [-0.05, 0) is 31.2 Å². The molecule has 0 aliphatic carbocycles. The van der Waals surface area contributed by atoms with Gasteiger partial charge in [0.25, 0.3) is 5.56 Å². The fourth-order valence-electron chi connectivity index (χ4n) is 1.99. The lowest BCUT2D eigenvalue weighted by molar-refractivity contribution is -0.139. The normalized spacial score (nSPS) is 10.2. The van der Waals surface area contributed by atoms with Crippen LogP contribution in [-0.4, -0.2) is 41.3 Å². The number of aromatic amines is 1. The number of nitrogens with one attached hydrogen (secondary N) is 2. The molecule has 1 aromatic heterocycles. The topological polar surface area (TPSA) is 110 Å². The van der Waals surface area contributed by atoms with Crippen molar-refractivity contribution in [1.82, 2.24) is 9.97 Å². The third-order valence-corrected chi connectivity index (χ3v) is 3.99. The molecule has 0 fully saturated rings. The maximum absolute atomic E-state index is 12.0. The predicted octanol–water partition coefficient (Wildman–Crippen LogP) is 1.61. The van der Waals surface area contributed by atoms with Gasteiger partial charge in [0.15, 0.2) is 5.16 Å². The van der Waals surface area contributed by atoms with E-state index in [1.165, 1.54) is 13.2 Å². The molecule has 2 aromatic rings. The molecule has 0 atom stereocenters. The monoisotopic (exact) mass is 377 g/mol. The van der Waals surface area contributed by atoms with Gasteiger partial charge >= 0.3 is 5.97 Å². The van der Waals surface area contributed by atoms with Crippen LogP contribution in [0.3, 0.4) is 0 Å². The van der Waals surface area contributed by atoms with E-state index in [1.54, 1.807) is 24.3 Å². The molecule has 1 aromatic carbocycles. The summed E-state index contributed by atoms with van der Waals surface area (Å²) in [5.74, 6) is 0.0363. The molecule has 8 nitrogen and oxygen atoms in total. The SMILES string of the molecule is CCOc1ccc(NC(=O)CSc2nc(CC(=O)OC)cc(=O)[nH]2)cc1. The van der Waals surface area contributed by atoms with Crippen LogP contribution in [0.15, 0.2) is 40.3 Å². The fraction of sp³-hybridized carbons (Fsp3) is 0.294. The highest BCUT2D eigenvalue weighted by molar-refractivity contribution is 7.99. The lowest BCUT2D eigenvalue weighted by Crippen LogP contribution is -2.17. The lowest BCUT2D eigenvalue weighted by atomic mass is 10.3. The fourth-order valence-corrected chi connectivity index (χ4v) is 2.69. The summed E-state index contributed by atoms with van der Waals surface area (Å²) in [6, 6.07) is 8.24. The van der Waals surface area contributed by atoms with Gasteiger partial charge in [0.05, 0.1) is 31.6 Å². The van der Waals surface area contributed by atoms with Gasteiger partial charge in [-0.2, -0.15) is 0 Å². The number of carbonyl (C=O) groups excluding carboxylic acids is 2. The molecular weight excluding hydrogens is 358 g/mol. The van der Waals surface area contributed by atoms with E-state index in [4.69, 9.17) is 4.74 Å². The number of esters is 1. The number of ether oxygens (including phenoxy) is 2. The Bertz CT molecular complexity index is 820. The molecule has 0 aliphatic rings. The van der Waals surface area contributed by atoms with Crippen LogP contribution in [0.2, 0.25) is 0 Å². The smallest absolute Gasteiger partial charge is 0.311 e. The molecule has 0 saturated carbocycles. The second-order valence-electron chi connectivity index (χ2n) is 5.09. The number of methoxy groups -OCH3 is 1. The highest BCUT2D eigenvalue weighted by Gasteiger charge is 2.10. The quantitative estimate of drug-likeness (QED) is 0.408. The lowest BCUT2D eigenvalue weighted by Gasteiger charge is -2.07.